The number of hydrogen-bond donors (Lipinski definition) is 2. The Labute approximate surface area is 125 Å². The van der Waals surface area contributed by atoms with Gasteiger partial charge in [0.1, 0.15) is 18.5 Å². The second-order valence-corrected chi connectivity index (χ2v) is 5.35. The van der Waals surface area contributed by atoms with Crippen LogP contribution in [0, 0.1) is 6.92 Å². The summed E-state index contributed by atoms with van der Waals surface area (Å²) in [6, 6.07) is 8.08. The molecule has 5 heteroatoms. The van der Waals surface area contributed by atoms with E-state index in [1.54, 1.807) is 12.5 Å². The first-order valence-electron chi connectivity index (χ1n) is 7.20. The number of imidazole rings is 1. The maximum Gasteiger partial charge on any atom is 0.119 e. The summed E-state index contributed by atoms with van der Waals surface area (Å²) in [4.78, 5) is 4.01. The van der Waals surface area contributed by atoms with E-state index in [9.17, 15) is 5.11 Å². The van der Waals surface area contributed by atoms with Crippen LogP contribution in [0.2, 0.25) is 0 Å². The molecule has 0 aliphatic heterocycles. The third-order valence-electron chi connectivity index (χ3n) is 3.18. The van der Waals surface area contributed by atoms with E-state index in [1.165, 1.54) is 0 Å². The van der Waals surface area contributed by atoms with E-state index < -0.39 is 6.10 Å². The van der Waals surface area contributed by atoms with Crippen molar-refractivity contribution in [3.63, 3.8) is 0 Å². The minimum Gasteiger partial charge on any atom is -0.491 e. The molecular formula is C16H23N3O2. The van der Waals surface area contributed by atoms with Crippen molar-refractivity contribution >= 4 is 0 Å². The molecule has 0 saturated heterocycles. The first kappa shape index (κ1) is 15.5. The van der Waals surface area contributed by atoms with Gasteiger partial charge in [-0.15, -0.1) is 0 Å². The number of hydrogen-bond acceptors (Lipinski definition) is 4. The van der Waals surface area contributed by atoms with E-state index in [0.717, 1.165) is 17.9 Å². The summed E-state index contributed by atoms with van der Waals surface area (Å²) in [6.45, 7) is 5.71. The zero-order chi connectivity index (χ0) is 15.1. The number of aromatic nitrogens is 2. The molecule has 2 rings (SSSR count). The van der Waals surface area contributed by atoms with Gasteiger partial charge in [0, 0.05) is 31.5 Å². The Kier molecular flexibility index (Phi) is 5.78. The Morgan fingerprint density at radius 1 is 1.43 bits per heavy atom. The van der Waals surface area contributed by atoms with Crippen molar-refractivity contribution in [1.29, 1.82) is 0 Å². The van der Waals surface area contributed by atoms with Gasteiger partial charge in [-0.3, -0.25) is 0 Å². The van der Waals surface area contributed by atoms with Crippen molar-refractivity contribution in [1.82, 2.24) is 14.9 Å². The second-order valence-electron chi connectivity index (χ2n) is 5.35. The lowest BCUT2D eigenvalue weighted by molar-refractivity contribution is 0.103. The number of benzene rings is 1. The molecule has 0 saturated carbocycles. The fraction of sp³-hybridized carbons (Fsp3) is 0.438. The molecule has 2 unspecified atom stereocenters. The van der Waals surface area contributed by atoms with Crippen molar-refractivity contribution in [2.24, 2.45) is 0 Å². The lowest BCUT2D eigenvalue weighted by Gasteiger charge is -2.18. The van der Waals surface area contributed by atoms with Gasteiger partial charge in [-0.05, 0) is 31.5 Å². The molecule has 1 heterocycles. The summed E-state index contributed by atoms with van der Waals surface area (Å²) < 4.78 is 7.59. The van der Waals surface area contributed by atoms with E-state index in [2.05, 4.69) is 17.2 Å². The summed E-state index contributed by atoms with van der Waals surface area (Å²) in [7, 11) is 0. The Bertz CT molecular complexity index is 528. The molecule has 0 fully saturated rings. The summed E-state index contributed by atoms with van der Waals surface area (Å²) in [5.74, 6) is 0.792. The number of nitrogens with one attached hydrogen (secondary N) is 1. The molecule has 1 aromatic heterocycles. The average Bonchev–Trinajstić information content (AvgIpc) is 2.96. The molecule has 5 nitrogen and oxygen atoms in total. The Hall–Kier alpha value is -1.85. The topological polar surface area (TPSA) is 59.3 Å². The van der Waals surface area contributed by atoms with Gasteiger partial charge in [-0.1, -0.05) is 12.1 Å². The van der Waals surface area contributed by atoms with Gasteiger partial charge in [0.05, 0.1) is 6.33 Å². The van der Waals surface area contributed by atoms with Gasteiger partial charge in [-0.25, -0.2) is 4.98 Å². The molecule has 0 aliphatic rings. The van der Waals surface area contributed by atoms with Crippen LogP contribution < -0.4 is 10.1 Å². The highest BCUT2D eigenvalue weighted by atomic mass is 16.5. The summed E-state index contributed by atoms with van der Waals surface area (Å²) in [6.07, 6.45) is 4.94. The zero-order valence-electron chi connectivity index (χ0n) is 12.6. The molecule has 0 aliphatic carbocycles. The van der Waals surface area contributed by atoms with Crippen LogP contribution in [0.4, 0.5) is 0 Å². The summed E-state index contributed by atoms with van der Waals surface area (Å²) in [5, 5.41) is 13.2. The number of aliphatic hydroxyl groups is 1. The van der Waals surface area contributed by atoms with Crippen LogP contribution >= 0.6 is 0 Å². The lowest BCUT2D eigenvalue weighted by Crippen LogP contribution is -2.38. The molecular weight excluding hydrogens is 266 g/mol. The number of nitrogens with zero attached hydrogens (tertiary/aromatic N) is 2. The zero-order valence-corrected chi connectivity index (χ0v) is 12.6. The van der Waals surface area contributed by atoms with Gasteiger partial charge in [-0.2, -0.15) is 0 Å². The van der Waals surface area contributed by atoms with E-state index in [4.69, 9.17) is 4.74 Å². The molecule has 1 aromatic carbocycles. The van der Waals surface area contributed by atoms with Crippen LogP contribution in [-0.2, 0) is 6.54 Å². The normalized spacial score (nSPS) is 13.9. The Balaban J connectivity index is 1.66. The van der Waals surface area contributed by atoms with Crippen molar-refractivity contribution in [2.45, 2.75) is 32.5 Å². The Morgan fingerprint density at radius 2 is 2.29 bits per heavy atom. The third kappa shape index (κ3) is 5.57. The largest absolute Gasteiger partial charge is 0.491 e. The van der Waals surface area contributed by atoms with Gasteiger partial charge in [0.15, 0.2) is 0 Å². The maximum atomic E-state index is 9.95. The highest BCUT2D eigenvalue weighted by Crippen LogP contribution is 2.12. The quantitative estimate of drug-likeness (QED) is 0.775. The van der Waals surface area contributed by atoms with Crippen LogP contribution in [0.25, 0.3) is 0 Å². The SMILES string of the molecule is Cc1cccc(OCC(O)CNC(C)Cn2ccnc2)c1. The van der Waals surface area contributed by atoms with Crippen LogP contribution in [0.1, 0.15) is 12.5 Å². The van der Waals surface area contributed by atoms with Crippen molar-refractivity contribution in [3.05, 3.63) is 48.5 Å². The van der Waals surface area contributed by atoms with Crippen molar-refractivity contribution in [2.75, 3.05) is 13.2 Å². The van der Waals surface area contributed by atoms with Gasteiger partial charge >= 0.3 is 0 Å². The van der Waals surface area contributed by atoms with Gasteiger partial charge in [0.2, 0.25) is 0 Å². The highest BCUT2D eigenvalue weighted by molar-refractivity contribution is 5.27. The maximum absolute atomic E-state index is 9.95. The second kappa shape index (κ2) is 7.81. The summed E-state index contributed by atoms with van der Waals surface area (Å²) >= 11 is 0. The van der Waals surface area contributed by atoms with E-state index in [-0.39, 0.29) is 12.6 Å². The minimum atomic E-state index is -0.532. The molecule has 2 N–H and O–H groups in total. The molecule has 0 bridgehead atoms. The van der Waals surface area contributed by atoms with Crippen LogP contribution in [-0.4, -0.2) is 40.0 Å². The first-order valence-corrected chi connectivity index (χ1v) is 7.20. The fourth-order valence-corrected chi connectivity index (χ4v) is 2.07. The lowest BCUT2D eigenvalue weighted by atomic mass is 10.2. The predicted molar refractivity (Wildman–Crippen MR) is 82.4 cm³/mol. The first-order chi connectivity index (χ1) is 10.1. The minimum absolute atomic E-state index is 0.257. The van der Waals surface area contributed by atoms with Crippen LogP contribution in [0.3, 0.4) is 0 Å². The van der Waals surface area contributed by atoms with E-state index in [0.29, 0.717) is 6.54 Å². The predicted octanol–water partition coefficient (Wildman–Crippen LogP) is 1.61. The summed E-state index contributed by atoms with van der Waals surface area (Å²) in [5.41, 5.74) is 1.15. The van der Waals surface area contributed by atoms with Crippen molar-refractivity contribution in [3.8, 4) is 5.75 Å². The molecule has 21 heavy (non-hydrogen) atoms. The molecule has 0 amide bonds. The van der Waals surface area contributed by atoms with Gasteiger partial charge in [0.25, 0.3) is 0 Å². The average molecular weight is 289 g/mol. The molecule has 2 aromatic rings. The van der Waals surface area contributed by atoms with Crippen LogP contribution in [0.15, 0.2) is 43.0 Å². The van der Waals surface area contributed by atoms with E-state index >= 15 is 0 Å². The number of ether oxygens (including phenoxy) is 1. The number of aliphatic hydroxyl groups excluding tert-OH is 1. The smallest absolute Gasteiger partial charge is 0.119 e. The molecule has 114 valence electrons. The van der Waals surface area contributed by atoms with E-state index in [1.807, 2.05) is 42.0 Å². The third-order valence-corrected chi connectivity index (χ3v) is 3.18. The monoisotopic (exact) mass is 289 g/mol. The Morgan fingerprint density at radius 3 is 3.00 bits per heavy atom. The van der Waals surface area contributed by atoms with Crippen LogP contribution in [0.5, 0.6) is 5.75 Å². The molecule has 0 spiro atoms. The molecule has 0 radical (unpaired) electrons. The standard InChI is InChI=1S/C16H23N3O2/c1-13-4-3-5-16(8-13)21-11-15(20)9-18-14(2)10-19-7-6-17-12-19/h3-8,12,14-15,18,20H,9-11H2,1-2H3. The number of rotatable bonds is 8. The molecule has 2 atom stereocenters. The fourth-order valence-electron chi connectivity index (χ4n) is 2.07. The number of aryl methyl sites for hydroxylation is 1. The van der Waals surface area contributed by atoms with Crippen molar-refractivity contribution < 1.29 is 9.84 Å². The van der Waals surface area contributed by atoms with Gasteiger partial charge < -0.3 is 19.7 Å². The highest BCUT2D eigenvalue weighted by Gasteiger charge is 2.08.